The molecule has 0 aliphatic rings. The van der Waals surface area contributed by atoms with Crippen LogP contribution in [0.5, 0.6) is 5.75 Å². The Kier molecular flexibility index (Phi) is 6.04. The van der Waals surface area contributed by atoms with Crippen LogP contribution in [0.1, 0.15) is 12.0 Å². The van der Waals surface area contributed by atoms with Gasteiger partial charge in [0.25, 0.3) is 5.91 Å². The maximum atomic E-state index is 12.2. The van der Waals surface area contributed by atoms with Crippen LogP contribution < -0.4 is 10.1 Å². The van der Waals surface area contributed by atoms with Crippen LogP contribution in [-0.2, 0) is 9.59 Å². The highest BCUT2D eigenvalue weighted by Crippen LogP contribution is 2.22. The molecule has 0 aliphatic carbocycles. The summed E-state index contributed by atoms with van der Waals surface area (Å²) in [6, 6.07) is 2.50. The number of aryl methyl sites for hydroxylation is 1. The van der Waals surface area contributed by atoms with Gasteiger partial charge in [0, 0.05) is 5.02 Å². The van der Waals surface area contributed by atoms with E-state index in [1.165, 1.54) is 12.1 Å². The zero-order valence-electron chi connectivity index (χ0n) is 11.4. The van der Waals surface area contributed by atoms with Gasteiger partial charge in [0.05, 0.1) is 6.42 Å². The van der Waals surface area contributed by atoms with Gasteiger partial charge in [0.2, 0.25) is 0 Å². The van der Waals surface area contributed by atoms with Crippen LogP contribution in [0.25, 0.3) is 0 Å². The first kappa shape index (κ1) is 18.1. The van der Waals surface area contributed by atoms with Gasteiger partial charge in [-0.3, -0.25) is 4.79 Å². The topological polar surface area (TPSA) is 75.6 Å². The van der Waals surface area contributed by atoms with Gasteiger partial charge in [0.1, 0.15) is 11.8 Å². The number of amides is 1. The summed E-state index contributed by atoms with van der Waals surface area (Å²) in [6.45, 7) is 1.10. The van der Waals surface area contributed by atoms with E-state index >= 15 is 0 Å². The lowest BCUT2D eigenvalue weighted by Gasteiger charge is -2.16. The van der Waals surface area contributed by atoms with E-state index in [2.05, 4.69) is 0 Å². The lowest BCUT2D eigenvalue weighted by atomic mass is 10.2. The third-order valence-corrected chi connectivity index (χ3v) is 2.99. The molecule has 1 rings (SSSR count). The predicted molar refractivity (Wildman–Crippen MR) is 71.9 cm³/mol. The van der Waals surface area contributed by atoms with Crippen molar-refractivity contribution in [1.29, 1.82) is 0 Å². The molecule has 5 nitrogen and oxygen atoms in total. The second kappa shape index (κ2) is 7.35. The highest BCUT2D eigenvalue weighted by Gasteiger charge is 2.36. The van der Waals surface area contributed by atoms with E-state index < -0.39 is 37.1 Å². The first-order valence-electron chi connectivity index (χ1n) is 6.06. The fourth-order valence-corrected chi connectivity index (χ4v) is 1.64. The molecule has 122 valence electrons. The second-order valence-corrected chi connectivity index (χ2v) is 4.88. The van der Waals surface area contributed by atoms with Crippen molar-refractivity contribution in [2.75, 3.05) is 6.61 Å². The quantitative estimate of drug-likeness (QED) is 0.835. The van der Waals surface area contributed by atoms with Crippen molar-refractivity contribution in [2.24, 2.45) is 0 Å². The van der Waals surface area contributed by atoms with Gasteiger partial charge >= 0.3 is 12.1 Å². The van der Waals surface area contributed by atoms with E-state index in [9.17, 15) is 22.8 Å². The van der Waals surface area contributed by atoms with Gasteiger partial charge in [0.15, 0.2) is 6.61 Å². The molecule has 2 N–H and O–H groups in total. The molecule has 1 amide bonds. The average Bonchev–Trinajstić information content (AvgIpc) is 2.38. The Balaban J connectivity index is 2.56. The lowest BCUT2D eigenvalue weighted by molar-refractivity contribution is -0.160. The number of hydrogen-bond donors (Lipinski definition) is 2. The minimum absolute atomic E-state index is 0.291. The van der Waals surface area contributed by atoms with E-state index in [-0.39, 0.29) is 0 Å². The van der Waals surface area contributed by atoms with Crippen molar-refractivity contribution in [3.8, 4) is 5.75 Å². The number of carboxylic acid groups (broad SMARTS) is 1. The molecule has 0 saturated heterocycles. The van der Waals surface area contributed by atoms with Gasteiger partial charge < -0.3 is 15.2 Å². The highest BCUT2D eigenvalue weighted by atomic mass is 35.5. The van der Waals surface area contributed by atoms with E-state index in [4.69, 9.17) is 21.4 Å². The standard InChI is InChI=1S/C13H13ClF3NO4/c1-7-4-8(2-3-9(7)14)22-6-11(19)18-10(12(20)21)5-13(15,16)17/h2-4,10H,5-6H2,1H3,(H,18,19)(H,20,21). The number of rotatable bonds is 6. The number of aliphatic carboxylic acids is 1. The summed E-state index contributed by atoms with van der Waals surface area (Å²) in [5.41, 5.74) is 0.694. The normalized spacial score (nSPS) is 12.6. The number of carbonyl (C=O) groups is 2. The summed E-state index contributed by atoms with van der Waals surface area (Å²) < 4.78 is 41.6. The molecule has 0 saturated carbocycles. The van der Waals surface area contributed by atoms with Crippen molar-refractivity contribution in [3.63, 3.8) is 0 Å². The molecule has 1 aromatic rings. The van der Waals surface area contributed by atoms with Crippen molar-refractivity contribution >= 4 is 23.5 Å². The van der Waals surface area contributed by atoms with Gasteiger partial charge in [-0.1, -0.05) is 11.6 Å². The molecule has 0 aromatic heterocycles. The third-order valence-electron chi connectivity index (χ3n) is 2.57. The zero-order chi connectivity index (χ0) is 16.9. The maximum absolute atomic E-state index is 12.2. The summed E-state index contributed by atoms with van der Waals surface area (Å²) in [4.78, 5) is 22.2. The van der Waals surface area contributed by atoms with Crippen LogP contribution in [0.2, 0.25) is 5.02 Å². The summed E-state index contributed by atoms with van der Waals surface area (Å²) in [6.07, 6.45) is -6.36. The number of ether oxygens (including phenoxy) is 1. The summed E-state index contributed by atoms with van der Waals surface area (Å²) in [7, 11) is 0. The Bertz CT molecular complexity index is 563. The van der Waals surface area contributed by atoms with Crippen LogP contribution >= 0.6 is 11.6 Å². The molecule has 22 heavy (non-hydrogen) atoms. The molecular formula is C13H13ClF3NO4. The number of alkyl halides is 3. The van der Waals surface area contributed by atoms with E-state index in [0.717, 1.165) is 0 Å². The number of halogens is 4. The van der Waals surface area contributed by atoms with E-state index in [1.54, 1.807) is 18.3 Å². The van der Waals surface area contributed by atoms with Gasteiger partial charge in [-0.15, -0.1) is 0 Å². The molecule has 1 aromatic carbocycles. The smallest absolute Gasteiger partial charge is 0.391 e. The van der Waals surface area contributed by atoms with Crippen molar-refractivity contribution in [1.82, 2.24) is 5.32 Å². The van der Waals surface area contributed by atoms with Crippen LogP contribution in [0.15, 0.2) is 18.2 Å². The molecule has 9 heteroatoms. The number of carbonyl (C=O) groups excluding carboxylic acids is 1. The average molecular weight is 340 g/mol. The van der Waals surface area contributed by atoms with Crippen LogP contribution in [0.4, 0.5) is 13.2 Å². The van der Waals surface area contributed by atoms with Crippen LogP contribution in [-0.4, -0.2) is 35.8 Å². The Hall–Kier alpha value is -1.96. The first-order valence-corrected chi connectivity index (χ1v) is 6.44. The van der Waals surface area contributed by atoms with Crippen molar-refractivity contribution in [2.45, 2.75) is 25.6 Å². The number of hydrogen-bond acceptors (Lipinski definition) is 3. The number of carboxylic acids is 1. The second-order valence-electron chi connectivity index (χ2n) is 4.48. The summed E-state index contributed by atoms with van der Waals surface area (Å²) in [5, 5.41) is 10.9. The fourth-order valence-electron chi connectivity index (χ4n) is 1.52. The van der Waals surface area contributed by atoms with Crippen LogP contribution in [0.3, 0.4) is 0 Å². The number of nitrogens with one attached hydrogen (secondary N) is 1. The highest BCUT2D eigenvalue weighted by molar-refractivity contribution is 6.31. The van der Waals surface area contributed by atoms with Gasteiger partial charge in [-0.25, -0.2) is 4.79 Å². The Morgan fingerprint density at radius 3 is 2.55 bits per heavy atom. The molecule has 0 spiro atoms. The molecule has 0 aliphatic heterocycles. The predicted octanol–water partition coefficient (Wildman–Crippen LogP) is 2.55. The summed E-state index contributed by atoms with van der Waals surface area (Å²) in [5.74, 6) is -2.45. The first-order chi connectivity index (χ1) is 10.1. The Morgan fingerprint density at radius 2 is 2.05 bits per heavy atom. The molecule has 0 bridgehead atoms. The van der Waals surface area contributed by atoms with E-state index in [0.29, 0.717) is 16.3 Å². The minimum Gasteiger partial charge on any atom is -0.484 e. The van der Waals surface area contributed by atoms with Crippen LogP contribution in [0, 0.1) is 6.92 Å². The fraction of sp³-hybridized carbons (Fsp3) is 0.385. The molecule has 1 unspecified atom stereocenters. The summed E-state index contributed by atoms with van der Waals surface area (Å²) >= 11 is 5.80. The third kappa shape index (κ3) is 6.21. The van der Waals surface area contributed by atoms with E-state index in [1.807, 2.05) is 0 Å². The SMILES string of the molecule is Cc1cc(OCC(=O)NC(CC(F)(F)F)C(=O)O)ccc1Cl. The lowest BCUT2D eigenvalue weighted by Crippen LogP contribution is -2.45. The van der Waals surface area contributed by atoms with Gasteiger partial charge in [-0.2, -0.15) is 13.2 Å². The molecule has 0 radical (unpaired) electrons. The van der Waals surface area contributed by atoms with Crippen molar-refractivity contribution in [3.05, 3.63) is 28.8 Å². The largest absolute Gasteiger partial charge is 0.484 e. The van der Waals surface area contributed by atoms with Crippen molar-refractivity contribution < 1.29 is 32.6 Å². The molecule has 1 atom stereocenters. The number of benzene rings is 1. The zero-order valence-corrected chi connectivity index (χ0v) is 12.2. The maximum Gasteiger partial charge on any atom is 0.391 e. The molecular weight excluding hydrogens is 327 g/mol. The van der Waals surface area contributed by atoms with Gasteiger partial charge in [-0.05, 0) is 30.7 Å². The molecule has 0 heterocycles. The minimum atomic E-state index is -4.70. The Morgan fingerprint density at radius 1 is 1.41 bits per heavy atom. The Labute approximate surface area is 129 Å². The monoisotopic (exact) mass is 339 g/mol. The molecule has 0 fully saturated rings.